The van der Waals surface area contributed by atoms with Gasteiger partial charge in [0.2, 0.25) is 0 Å². The molecule has 1 aliphatic heterocycles. The minimum absolute atomic E-state index is 0.777. The minimum atomic E-state index is 0.777. The molecule has 0 saturated heterocycles. The number of hydrogen-bond donors (Lipinski definition) is 1. The van der Waals surface area contributed by atoms with Crippen molar-refractivity contribution >= 4 is 24.9 Å². The fourth-order valence-corrected chi connectivity index (χ4v) is 3.67. The monoisotopic (exact) mass is 319 g/mol. The number of hydrogen-bond acceptors (Lipinski definition) is 1. The van der Waals surface area contributed by atoms with Crippen LogP contribution in [0.1, 0.15) is 12.0 Å². The molecule has 0 aliphatic carbocycles. The second kappa shape index (κ2) is 8.50. The lowest BCUT2D eigenvalue weighted by molar-refractivity contribution is 0.830. The van der Waals surface area contributed by atoms with Crippen molar-refractivity contribution in [2.45, 2.75) is 12.8 Å². The molecule has 2 heteroatoms. The molecule has 3 aromatic carbocycles. The van der Waals surface area contributed by atoms with Crippen LogP contribution < -0.4 is 15.9 Å². The van der Waals surface area contributed by atoms with Crippen molar-refractivity contribution in [1.29, 1.82) is 0 Å². The molecule has 3 aromatic rings. The van der Waals surface area contributed by atoms with E-state index < -0.39 is 0 Å². The van der Waals surface area contributed by atoms with Crippen molar-refractivity contribution in [3.8, 4) is 0 Å². The Morgan fingerprint density at radius 3 is 1.83 bits per heavy atom. The molecule has 0 atom stereocenters. The Kier molecular flexibility index (Phi) is 5.83. The topological polar surface area (TPSA) is 12.0 Å². The van der Waals surface area contributed by atoms with Crippen LogP contribution in [0, 0.1) is 0 Å². The molecular formula is C21H22NP. The highest BCUT2D eigenvalue weighted by atomic mass is 31.1. The van der Waals surface area contributed by atoms with Crippen molar-refractivity contribution < 1.29 is 0 Å². The van der Waals surface area contributed by atoms with Crippen molar-refractivity contribution in [3.05, 3.63) is 90.5 Å². The molecule has 0 fully saturated rings. The fourth-order valence-electron chi connectivity index (χ4n) is 2.62. The molecule has 0 unspecified atom stereocenters. The molecular weight excluding hydrogens is 297 g/mol. The van der Waals surface area contributed by atoms with Crippen LogP contribution in [0.25, 0.3) is 0 Å². The van der Waals surface area contributed by atoms with Crippen LogP contribution in [0.15, 0.2) is 84.9 Å². The Labute approximate surface area is 140 Å². The first-order valence-corrected chi connectivity index (χ1v) is 9.11. The van der Waals surface area contributed by atoms with E-state index in [2.05, 4.69) is 90.2 Å². The molecule has 0 saturated carbocycles. The van der Waals surface area contributed by atoms with E-state index in [1.165, 1.54) is 34.7 Å². The maximum Gasteiger partial charge on any atom is 0.0372 e. The van der Waals surface area contributed by atoms with Crippen LogP contribution in [-0.4, -0.2) is 6.54 Å². The summed E-state index contributed by atoms with van der Waals surface area (Å²) in [6, 6.07) is 29.7. The standard InChI is InChI=1S/C12H11P.C9H11N/c1-3-7-11(8-4-1)13-12-9-5-2-6-10-12;1-2-6-9-8(4-1)5-3-7-10-9/h1-10,13H;1-2,4,6,10H,3,5,7H2. The number of rotatable bonds is 2. The van der Waals surface area contributed by atoms with Crippen LogP contribution in [0.5, 0.6) is 0 Å². The van der Waals surface area contributed by atoms with E-state index in [1.54, 1.807) is 0 Å². The smallest absolute Gasteiger partial charge is 0.0372 e. The summed E-state index contributed by atoms with van der Waals surface area (Å²) < 4.78 is 0. The summed E-state index contributed by atoms with van der Waals surface area (Å²) in [6.45, 7) is 1.14. The van der Waals surface area contributed by atoms with E-state index in [9.17, 15) is 0 Å². The summed E-state index contributed by atoms with van der Waals surface area (Å²) in [7, 11) is 0.777. The zero-order valence-corrected chi connectivity index (χ0v) is 14.2. The van der Waals surface area contributed by atoms with Crippen molar-refractivity contribution in [3.63, 3.8) is 0 Å². The van der Waals surface area contributed by atoms with Gasteiger partial charge in [-0.2, -0.15) is 0 Å². The van der Waals surface area contributed by atoms with Gasteiger partial charge in [-0.3, -0.25) is 0 Å². The zero-order chi connectivity index (χ0) is 15.7. The second-order valence-corrected chi connectivity index (χ2v) is 6.95. The van der Waals surface area contributed by atoms with E-state index in [-0.39, 0.29) is 0 Å². The van der Waals surface area contributed by atoms with E-state index >= 15 is 0 Å². The first-order valence-electron chi connectivity index (χ1n) is 8.11. The number of aryl methyl sites for hydroxylation is 1. The maximum absolute atomic E-state index is 3.36. The molecule has 0 amide bonds. The summed E-state index contributed by atoms with van der Waals surface area (Å²) in [5.41, 5.74) is 2.79. The summed E-state index contributed by atoms with van der Waals surface area (Å²) in [6.07, 6.45) is 2.51. The average molecular weight is 319 g/mol. The Bertz CT molecular complexity index is 648. The van der Waals surface area contributed by atoms with E-state index in [1.807, 2.05) is 0 Å². The normalized spacial score (nSPS) is 12.3. The summed E-state index contributed by atoms with van der Waals surface area (Å²) in [4.78, 5) is 0. The van der Waals surface area contributed by atoms with E-state index in [0.717, 1.165) is 15.1 Å². The molecule has 1 heterocycles. The summed E-state index contributed by atoms with van der Waals surface area (Å²) in [5, 5.41) is 6.16. The summed E-state index contributed by atoms with van der Waals surface area (Å²) >= 11 is 0. The van der Waals surface area contributed by atoms with Crippen molar-refractivity contribution in [2.24, 2.45) is 0 Å². The third kappa shape index (κ3) is 4.94. The van der Waals surface area contributed by atoms with Gasteiger partial charge in [-0.1, -0.05) is 87.4 Å². The molecule has 1 nitrogen and oxygen atoms in total. The molecule has 0 bridgehead atoms. The van der Waals surface area contributed by atoms with Crippen LogP contribution in [0.3, 0.4) is 0 Å². The van der Waals surface area contributed by atoms with Crippen LogP contribution >= 0.6 is 8.58 Å². The molecule has 1 N–H and O–H groups in total. The van der Waals surface area contributed by atoms with Gasteiger partial charge in [0.15, 0.2) is 0 Å². The average Bonchev–Trinajstić information content (AvgIpc) is 2.64. The van der Waals surface area contributed by atoms with Gasteiger partial charge in [0.25, 0.3) is 0 Å². The Hall–Kier alpha value is -2.11. The van der Waals surface area contributed by atoms with E-state index in [4.69, 9.17) is 0 Å². The lowest BCUT2D eigenvalue weighted by atomic mass is 10.0. The van der Waals surface area contributed by atoms with Crippen molar-refractivity contribution in [2.75, 3.05) is 11.9 Å². The SMILES string of the molecule is c1ccc(Pc2ccccc2)cc1.c1ccc2c(c1)CCCN2. The number of anilines is 1. The van der Waals surface area contributed by atoms with Gasteiger partial charge in [0.05, 0.1) is 0 Å². The highest BCUT2D eigenvalue weighted by Gasteiger charge is 2.04. The molecule has 0 radical (unpaired) electrons. The molecule has 4 rings (SSSR count). The highest BCUT2D eigenvalue weighted by molar-refractivity contribution is 7.55. The third-order valence-corrected chi connectivity index (χ3v) is 5.04. The lowest BCUT2D eigenvalue weighted by Gasteiger charge is -2.16. The van der Waals surface area contributed by atoms with Gasteiger partial charge >= 0.3 is 0 Å². The van der Waals surface area contributed by atoms with Gasteiger partial charge in [0.1, 0.15) is 0 Å². The quantitative estimate of drug-likeness (QED) is 0.692. The Morgan fingerprint density at radius 1 is 0.652 bits per heavy atom. The fraction of sp³-hybridized carbons (Fsp3) is 0.143. The van der Waals surface area contributed by atoms with Crippen molar-refractivity contribution in [1.82, 2.24) is 0 Å². The predicted molar refractivity (Wildman–Crippen MR) is 104 cm³/mol. The number of fused-ring (bicyclic) bond motifs is 1. The minimum Gasteiger partial charge on any atom is -0.385 e. The Morgan fingerprint density at radius 2 is 1.22 bits per heavy atom. The number of para-hydroxylation sites is 1. The first-order chi connectivity index (χ1) is 11.4. The van der Waals surface area contributed by atoms with Crippen LogP contribution in [-0.2, 0) is 6.42 Å². The van der Waals surface area contributed by atoms with Gasteiger partial charge < -0.3 is 5.32 Å². The maximum atomic E-state index is 3.36. The molecule has 0 aromatic heterocycles. The van der Waals surface area contributed by atoms with E-state index in [0.29, 0.717) is 0 Å². The van der Waals surface area contributed by atoms with Gasteiger partial charge in [0, 0.05) is 12.2 Å². The highest BCUT2D eigenvalue weighted by Crippen LogP contribution is 2.20. The van der Waals surface area contributed by atoms with Gasteiger partial charge in [-0.25, -0.2) is 0 Å². The predicted octanol–water partition coefficient (Wildman–Crippen LogP) is 4.36. The first kappa shape index (κ1) is 15.8. The summed E-state index contributed by atoms with van der Waals surface area (Å²) in [5.74, 6) is 0. The Balaban J connectivity index is 0.000000140. The molecule has 1 aliphatic rings. The molecule has 0 spiro atoms. The zero-order valence-electron chi connectivity index (χ0n) is 13.2. The third-order valence-electron chi connectivity index (χ3n) is 3.79. The van der Waals surface area contributed by atoms with Gasteiger partial charge in [-0.15, -0.1) is 0 Å². The number of nitrogens with one attached hydrogen (secondary N) is 1. The van der Waals surface area contributed by atoms with Crippen LogP contribution in [0.2, 0.25) is 0 Å². The van der Waals surface area contributed by atoms with Crippen LogP contribution in [0.4, 0.5) is 5.69 Å². The number of benzene rings is 3. The molecule has 116 valence electrons. The largest absolute Gasteiger partial charge is 0.385 e. The van der Waals surface area contributed by atoms with Gasteiger partial charge in [-0.05, 0) is 35.1 Å². The lowest BCUT2D eigenvalue weighted by Crippen LogP contribution is -2.10. The second-order valence-electron chi connectivity index (χ2n) is 5.54. The molecule has 23 heavy (non-hydrogen) atoms.